The van der Waals surface area contributed by atoms with Crippen molar-refractivity contribution < 1.29 is 0 Å². The molecule has 4 aromatic rings. The predicted molar refractivity (Wildman–Crippen MR) is 95.9 cm³/mol. The first-order valence-electron chi connectivity index (χ1n) is 7.95. The van der Waals surface area contributed by atoms with Crippen LogP contribution in [0.1, 0.15) is 22.8 Å². The van der Waals surface area contributed by atoms with Crippen LogP contribution < -0.4 is 21.4 Å². The van der Waals surface area contributed by atoms with E-state index in [1.54, 1.807) is 0 Å². The standard InChI is InChI=1S/C20H16N4/c1-2-14-10-16-5-6-18(23-16)12-20-8-7-19(24-20)11-17-4-3-15(22-17)9-13(1)21-14/h1-12,21-24H/b13-9-,14-10-,15-9?,16-10?,17-11?,18-12?,19-11-,20-12?. The van der Waals surface area contributed by atoms with E-state index in [1.165, 1.54) is 0 Å². The van der Waals surface area contributed by atoms with Crippen molar-refractivity contribution >= 4 is 24.3 Å². The molecule has 116 valence electrons. The van der Waals surface area contributed by atoms with Crippen molar-refractivity contribution in [2.24, 2.45) is 0 Å². The molecule has 24 heavy (non-hydrogen) atoms. The molecule has 0 saturated carbocycles. The van der Waals surface area contributed by atoms with E-state index < -0.39 is 0 Å². The SMILES string of the molecule is C1=c2cc/c([nH]2)=C/c2ccc([nH]2)/C=c2/cc/c([nH]2)=C/c2ccc1[nH]2. The van der Waals surface area contributed by atoms with Crippen LogP contribution in [0.25, 0.3) is 24.3 Å². The average molecular weight is 312 g/mol. The van der Waals surface area contributed by atoms with Crippen molar-refractivity contribution in [1.29, 1.82) is 0 Å². The Morgan fingerprint density at radius 1 is 0.333 bits per heavy atom. The van der Waals surface area contributed by atoms with Gasteiger partial charge in [-0.25, -0.2) is 0 Å². The van der Waals surface area contributed by atoms with Crippen LogP contribution in [0.3, 0.4) is 0 Å². The van der Waals surface area contributed by atoms with Crippen molar-refractivity contribution in [2.75, 3.05) is 0 Å². The molecule has 8 bridgehead atoms. The van der Waals surface area contributed by atoms with Crippen molar-refractivity contribution in [2.45, 2.75) is 0 Å². The molecule has 5 rings (SSSR count). The zero-order valence-corrected chi connectivity index (χ0v) is 12.9. The highest BCUT2D eigenvalue weighted by Crippen LogP contribution is 2.04. The van der Waals surface area contributed by atoms with E-state index in [-0.39, 0.29) is 0 Å². The fourth-order valence-corrected chi connectivity index (χ4v) is 3.06. The van der Waals surface area contributed by atoms with Crippen LogP contribution in [-0.2, 0) is 0 Å². The van der Waals surface area contributed by atoms with Crippen LogP contribution in [0.5, 0.6) is 0 Å². The zero-order valence-electron chi connectivity index (χ0n) is 12.9. The molecular weight excluding hydrogens is 296 g/mol. The first-order chi connectivity index (χ1) is 11.8. The van der Waals surface area contributed by atoms with E-state index in [1.807, 2.05) is 0 Å². The average Bonchev–Trinajstić information content (AvgIpc) is 3.32. The molecule has 0 amide bonds. The molecule has 4 nitrogen and oxygen atoms in total. The van der Waals surface area contributed by atoms with Gasteiger partial charge >= 0.3 is 0 Å². The summed E-state index contributed by atoms with van der Waals surface area (Å²) in [4.78, 5) is 13.7. The maximum Gasteiger partial charge on any atom is 0.0405 e. The number of H-pyrrole nitrogens is 4. The molecular formula is C20H16N4. The molecule has 0 radical (unpaired) electrons. The van der Waals surface area contributed by atoms with Crippen molar-refractivity contribution in [3.63, 3.8) is 0 Å². The minimum atomic E-state index is 1.07. The highest BCUT2D eigenvalue weighted by atomic mass is 14.8. The Morgan fingerprint density at radius 2 is 0.625 bits per heavy atom. The van der Waals surface area contributed by atoms with Crippen molar-refractivity contribution in [1.82, 2.24) is 19.9 Å². The summed E-state index contributed by atoms with van der Waals surface area (Å²) in [5.41, 5.74) is 4.29. The van der Waals surface area contributed by atoms with Gasteiger partial charge in [0, 0.05) is 44.2 Å². The second-order valence-corrected chi connectivity index (χ2v) is 6.05. The molecule has 4 N–H and O–H groups in total. The minimum Gasteiger partial charge on any atom is -0.355 e. The summed E-state index contributed by atoms with van der Waals surface area (Å²) in [6.07, 6.45) is 8.42. The molecule has 4 aromatic heterocycles. The first kappa shape index (κ1) is 13.1. The fraction of sp³-hybridized carbons (Fsp3) is 0. The van der Waals surface area contributed by atoms with E-state index in [0.29, 0.717) is 0 Å². The van der Waals surface area contributed by atoms with Gasteiger partial charge < -0.3 is 19.9 Å². The Kier molecular flexibility index (Phi) is 2.76. The van der Waals surface area contributed by atoms with Crippen LogP contribution in [0.4, 0.5) is 0 Å². The van der Waals surface area contributed by atoms with Gasteiger partial charge in [0.1, 0.15) is 0 Å². The van der Waals surface area contributed by atoms with E-state index in [2.05, 4.69) is 92.8 Å². The molecule has 0 aliphatic carbocycles. The lowest BCUT2D eigenvalue weighted by Crippen LogP contribution is -2.10. The molecule has 0 unspecified atom stereocenters. The normalized spacial score (nSPS) is 16.9. The molecule has 0 fully saturated rings. The van der Waals surface area contributed by atoms with Crippen LogP contribution in [0.2, 0.25) is 0 Å². The summed E-state index contributed by atoms with van der Waals surface area (Å²) in [7, 11) is 0. The number of nitrogens with one attached hydrogen (secondary N) is 4. The quantitative estimate of drug-likeness (QED) is 0.324. The Morgan fingerprint density at radius 3 is 0.917 bits per heavy atom. The van der Waals surface area contributed by atoms with Gasteiger partial charge in [-0.2, -0.15) is 0 Å². The van der Waals surface area contributed by atoms with E-state index in [0.717, 1.165) is 44.2 Å². The monoisotopic (exact) mass is 312 g/mol. The van der Waals surface area contributed by atoms with Crippen molar-refractivity contribution in [3.05, 3.63) is 92.7 Å². The maximum atomic E-state index is 3.42. The van der Waals surface area contributed by atoms with Gasteiger partial charge in [0.05, 0.1) is 0 Å². The highest BCUT2D eigenvalue weighted by molar-refractivity contribution is 5.54. The molecule has 0 atom stereocenters. The number of fused-ring (bicyclic) bond motifs is 8. The Hall–Kier alpha value is -3.40. The summed E-state index contributed by atoms with van der Waals surface area (Å²) in [6, 6.07) is 16.7. The third kappa shape index (κ3) is 2.44. The maximum absolute atomic E-state index is 3.42. The number of hydrogen-bond acceptors (Lipinski definition) is 0. The van der Waals surface area contributed by atoms with Gasteiger partial charge in [-0.15, -0.1) is 0 Å². The lowest BCUT2D eigenvalue weighted by atomic mass is 10.3. The molecule has 0 spiro atoms. The lowest BCUT2D eigenvalue weighted by Gasteiger charge is -1.88. The smallest absolute Gasteiger partial charge is 0.0405 e. The number of rotatable bonds is 0. The fourth-order valence-electron chi connectivity index (χ4n) is 3.06. The van der Waals surface area contributed by atoms with Crippen LogP contribution in [0, 0.1) is 0 Å². The van der Waals surface area contributed by atoms with Gasteiger partial charge in [0.15, 0.2) is 0 Å². The third-order valence-corrected chi connectivity index (χ3v) is 4.17. The van der Waals surface area contributed by atoms with E-state index in [9.17, 15) is 0 Å². The second-order valence-electron chi connectivity index (χ2n) is 6.05. The lowest BCUT2D eigenvalue weighted by molar-refractivity contribution is 1.23. The summed E-state index contributed by atoms with van der Waals surface area (Å²) in [6.45, 7) is 0. The minimum absolute atomic E-state index is 1.07. The summed E-state index contributed by atoms with van der Waals surface area (Å²) in [5, 5.41) is 4.29. The largest absolute Gasteiger partial charge is 0.355 e. The van der Waals surface area contributed by atoms with E-state index in [4.69, 9.17) is 0 Å². The van der Waals surface area contributed by atoms with Crippen LogP contribution >= 0.6 is 0 Å². The molecule has 1 aliphatic rings. The summed E-state index contributed by atoms with van der Waals surface area (Å²) in [5.74, 6) is 0. The van der Waals surface area contributed by atoms with Gasteiger partial charge in [0.25, 0.3) is 0 Å². The molecule has 0 aromatic carbocycles. The number of hydrogen-bond donors (Lipinski definition) is 4. The van der Waals surface area contributed by atoms with E-state index >= 15 is 0 Å². The molecule has 1 aliphatic heterocycles. The molecule has 4 heteroatoms. The van der Waals surface area contributed by atoms with Gasteiger partial charge in [-0.3, -0.25) is 0 Å². The Bertz CT molecular complexity index is 1070. The number of aromatic nitrogens is 4. The highest BCUT2D eigenvalue weighted by Gasteiger charge is 1.97. The van der Waals surface area contributed by atoms with Gasteiger partial charge in [-0.1, -0.05) is 0 Å². The number of aromatic amines is 4. The van der Waals surface area contributed by atoms with Crippen molar-refractivity contribution in [3.8, 4) is 0 Å². The Labute approximate surface area is 137 Å². The first-order valence-corrected chi connectivity index (χ1v) is 7.95. The second kappa shape index (κ2) is 5.06. The topological polar surface area (TPSA) is 63.2 Å². The van der Waals surface area contributed by atoms with Crippen LogP contribution in [0.15, 0.2) is 48.5 Å². The van der Waals surface area contributed by atoms with Gasteiger partial charge in [-0.05, 0) is 72.8 Å². The Balaban J connectivity index is 1.79. The van der Waals surface area contributed by atoms with Gasteiger partial charge in [0.2, 0.25) is 0 Å². The predicted octanol–water partition coefficient (Wildman–Crippen LogP) is 0.628. The molecule has 5 heterocycles. The molecule has 0 saturated heterocycles. The third-order valence-electron chi connectivity index (χ3n) is 4.17. The summed E-state index contributed by atoms with van der Waals surface area (Å²) >= 11 is 0. The zero-order chi connectivity index (χ0) is 15.9. The van der Waals surface area contributed by atoms with Crippen LogP contribution in [-0.4, -0.2) is 19.9 Å². The summed E-state index contributed by atoms with van der Waals surface area (Å²) < 4.78 is 0.